The summed E-state index contributed by atoms with van der Waals surface area (Å²) in [7, 11) is 0. The lowest BCUT2D eigenvalue weighted by Crippen LogP contribution is -1.93. The van der Waals surface area contributed by atoms with Gasteiger partial charge in [0.25, 0.3) is 0 Å². The lowest BCUT2D eigenvalue weighted by atomic mass is 9.92. The smallest absolute Gasteiger partial charge is 0.0800 e. The van der Waals surface area contributed by atoms with E-state index >= 15 is 0 Å². The highest BCUT2D eigenvalue weighted by Gasteiger charge is 2.16. The second-order valence-electron chi connectivity index (χ2n) is 9.81. The largest absolute Gasteiger partial charge is 0.256 e. The summed E-state index contributed by atoms with van der Waals surface area (Å²) >= 11 is 0. The maximum atomic E-state index is 5.38. The zero-order valence-electron chi connectivity index (χ0n) is 20.6. The molecule has 2 aromatic heterocycles. The highest BCUT2D eigenvalue weighted by Crippen LogP contribution is 2.40. The summed E-state index contributed by atoms with van der Waals surface area (Å²) in [5.74, 6) is 0. The van der Waals surface area contributed by atoms with E-state index in [1.54, 1.807) is 0 Å². The number of pyridine rings is 2. The molecule has 176 valence electrons. The van der Waals surface area contributed by atoms with Crippen LogP contribution in [0.1, 0.15) is 0 Å². The summed E-state index contributed by atoms with van der Waals surface area (Å²) in [5, 5.41) is 9.71. The summed E-state index contributed by atoms with van der Waals surface area (Å²) in [6.45, 7) is 0. The predicted octanol–water partition coefficient (Wildman–Crippen LogP) is 9.58. The number of hydrogen-bond acceptors (Lipinski definition) is 2. The molecule has 0 aliphatic carbocycles. The predicted molar refractivity (Wildman–Crippen MR) is 160 cm³/mol. The molecule has 0 spiro atoms. The fourth-order valence-electron chi connectivity index (χ4n) is 5.86. The summed E-state index contributed by atoms with van der Waals surface area (Å²) < 4.78 is 0. The quantitative estimate of drug-likeness (QED) is 0.229. The van der Waals surface area contributed by atoms with Crippen LogP contribution in [0.3, 0.4) is 0 Å². The van der Waals surface area contributed by atoms with Crippen LogP contribution in [0.4, 0.5) is 0 Å². The molecule has 0 saturated heterocycles. The molecule has 2 heterocycles. The normalized spacial score (nSPS) is 11.7. The summed E-state index contributed by atoms with van der Waals surface area (Å²) in [6.07, 6.45) is 1.96. The molecule has 0 fully saturated rings. The van der Waals surface area contributed by atoms with Crippen LogP contribution in [0.2, 0.25) is 0 Å². The average Bonchev–Trinajstić information content (AvgIpc) is 3.00. The van der Waals surface area contributed by atoms with E-state index < -0.39 is 0 Å². The van der Waals surface area contributed by atoms with Crippen LogP contribution in [0.15, 0.2) is 134 Å². The molecule has 8 rings (SSSR count). The van der Waals surface area contributed by atoms with Crippen LogP contribution in [0.5, 0.6) is 0 Å². The van der Waals surface area contributed by atoms with Crippen molar-refractivity contribution >= 4 is 54.1 Å². The minimum absolute atomic E-state index is 1.01. The van der Waals surface area contributed by atoms with Gasteiger partial charge in [0.1, 0.15) is 0 Å². The van der Waals surface area contributed by atoms with Crippen LogP contribution in [-0.4, -0.2) is 9.97 Å². The van der Waals surface area contributed by atoms with Crippen LogP contribution >= 0.6 is 0 Å². The monoisotopic (exact) mass is 482 g/mol. The third kappa shape index (κ3) is 3.14. The number of rotatable bonds is 2. The molecule has 0 amide bonds. The van der Waals surface area contributed by atoms with Gasteiger partial charge in [-0.2, -0.15) is 0 Å². The lowest BCUT2D eigenvalue weighted by Gasteiger charge is -2.15. The second-order valence-corrected chi connectivity index (χ2v) is 9.81. The molecule has 0 radical (unpaired) electrons. The van der Waals surface area contributed by atoms with Crippen molar-refractivity contribution in [3.05, 3.63) is 134 Å². The van der Waals surface area contributed by atoms with Gasteiger partial charge in [0.15, 0.2) is 0 Å². The summed E-state index contributed by atoms with van der Waals surface area (Å²) in [6, 6.07) is 45.2. The van der Waals surface area contributed by atoms with Crippen molar-refractivity contribution in [1.82, 2.24) is 9.97 Å². The van der Waals surface area contributed by atoms with Gasteiger partial charge in [-0.1, -0.05) is 115 Å². The highest BCUT2D eigenvalue weighted by molar-refractivity contribution is 6.31. The lowest BCUT2D eigenvalue weighted by molar-refractivity contribution is 1.40. The Kier molecular flexibility index (Phi) is 4.55. The van der Waals surface area contributed by atoms with E-state index in [0.29, 0.717) is 0 Å². The number of fused-ring (bicyclic) bond motifs is 9. The topological polar surface area (TPSA) is 25.8 Å². The summed E-state index contributed by atoms with van der Waals surface area (Å²) in [4.78, 5) is 10.0. The number of nitrogens with zero attached hydrogens (tertiary/aromatic N) is 2. The van der Waals surface area contributed by atoms with E-state index in [0.717, 1.165) is 38.8 Å². The molecule has 8 aromatic rings. The molecule has 0 unspecified atom stereocenters. The zero-order valence-corrected chi connectivity index (χ0v) is 20.6. The molecular weight excluding hydrogens is 460 g/mol. The van der Waals surface area contributed by atoms with Gasteiger partial charge in [-0.05, 0) is 39.2 Å². The fourth-order valence-corrected chi connectivity index (χ4v) is 5.86. The molecule has 2 nitrogen and oxygen atoms in total. The minimum atomic E-state index is 1.01. The standard InChI is InChI=1S/C36H22N2/c1-8-16-33-25(9-1)21-26(22-37-33)23-17-19-24(20-18-23)35-32-15-7-5-13-30(32)34-29-12-4-2-10-27(29)28-11-3-6-14-31(28)36(34)38-35/h1-22H. The van der Waals surface area contributed by atoms with Crippen LogP contribution < -0.4 is 0 Å². The van der Waals surface area contributed by atoms with Gasteiger partial charge in [-0.3, -0.25) is 4.98 Å². The van der Waals surface area contributed by atoms with Crippen molar-refractivity contribution in [2.75, 3.05) is 0 Å². The van der Waals surface area contributed by atoms with E-state index in [-0.39, 0.29) is 0 Å². The Hall–Kier alpha value is -5.08. The van der Waals surface area contributed by atoms with E-state index in [4.69, 9.17) is 4.98 Å². The molecular formula is C36H22N2. The summed E-state index contributed by atoms with van der Waals surface area (Å²) in [5.41, 5.74) is 6.45. The SMILES string of the molecule is c1ccc2ncc(-c3ccc(-c4nc5c6ccccc6c6ccccc6c5c5ccccc45)cc3)cc2c1. The van der Waals surface area contributed by atoms with Crippen LogP contribution in [0, 0.1) is 0 Å². The Bertz CT molecular complexity index is 2180. The first-order chi connectivity index (χ1) is 18.8. The molecule has 38 heavy (non-hydrogen) atoms. The Labute approximate surface area is 219 Å². The van der Waals surface area contributed by atoms with Gasteiger partial charge in [0, 0.05) is 38.9 Å². The van der Waals surface area contributed by atoms with E-state index in [2.05, 4.69) is 120 Å². The van der Waals surface area contributed by atoms with Crippen molar-refractivity contribution < 1.29 is 0 Å². The molecule has 0 N–H and O–H groups in total. The first-order valence-electron chi connectivity index (χ1n) is 12.9. The highest BCUT2D eigenvalue weighted by atomic mass is 14.7. The van der Waals surface area contributed by atoms with Crippen molar-refractivity contribution in [1.29, 1.82) is 0 Å². The Balaban J connectivity index is 1.38. The Morgan fingerprint density at radius 2 is 0.974 bits per heavy atom. The van der Waals surface area contributed by atoms with Crippen LogP contribution in [0.25, 0.3) is 76.5 Å². The third-order valence-electron chi connectivity index (χ3n) is 7.66. The van der Waals surface area contributed by atoms with Crippen molar-refractivity contribution in [3.63, 3.8) is 0 Å². The first kappa shape index (κ1) is 21.0. The van der Waals surface area contributed by atoms with Gasteiger partial charge in [-0.25, -0.2) is 4.98 Å². The number of hydrogen-bond donors (Lipinski definition) is 0. The van der Waals surface area contributed by atoms with Gasteiger partial charge in [0.2, 0.25) is 0 Å². The maximum Gasteiger partial charge on any atom is 0.0800 e. The molecule has 0 bridgehead atoms. The van der Waals surface area contributed by atoms with E-state index in [9.17, 15) is 0 Å². The van der Waals surface area contributed by atoms with E-state index in [1.165, 1.54) is 37.7 Å². The Morgan fingerprint density at radius 1 is 0.421 bits per heavy atom. The molecule has 0 aliphatic rings. The minimum Gasteiger partial charge on any atom is -0.256 e. The molecule has 6 aromatic carbocycles. The van der Waals surface area contributed by atoms with Crippen molar-refractivity contribution in [2.24, 2.45) is 0 Å². The zero-order chi connectivity index (χ0) is 25.1. The van der Waals surface area contributed by atoms with Gasteiger partial charge >= 0.3 is 0 Å². The van der Waals surface area contributed by atoms with Gasteiger partial charge in [-0.15, -0.1) is 0 Å². The van der Waals surface area contributed by atoms with E-state index in [1.807, 2.05) is 18.3 Å². The first-order valence-corrected chi connectivity index (χ1v) is 12.9. The van der Waals surface area contributed by atoms with Crippen molar-refractivity contribution in [3.8, 4) is 22.4 Å². The molecule has 2 heteroatoms. The van der Waals surface area contributed by atoms with Crippen molar-refractivity contribution in [2.45, 2.75) is 0 Å². The Morgan fingerprint density at radius 3 is 1.74 bits per heavy atom. The maximum absolute atomic E-state index is 5.38. The average molecular weight is 483 g/mol. The van der Waals surface area contributed by atoms with Gasteiger partial charge < -0.3 is 0 Å². The number of aromatic nitrogens is 2. The second kappa shape index (κ2) is 8.22. The fraction of sp³-hybridized carbons (Fsp3) is 0. The molecule has 0 saturated carbocycles. The molecule has 0 aliphatic heterocycles. The van der Waals surface area contributed by atoms with Crippen LogP contribution in [-0.2, 0) is 0 Å². The number of benzene rings is 6. The number of para-hydroxylation sites is 1. The third-order valence-corrected chi connectivity index (χ3v) is 7.66. The molecule has 0 atom stereocenters. The van der Waals surface area contributed by atoms with Gasteiger partial charge in [0.05, 0.1) is 16.7 Å².